The molecule has 0 radical (unpaired) electrons. The number of hydrogen-bond donors (Lipinski definition) is 2. The molecule has 0 fully saturated rings. The fourth-order valence-electron chi connectivity index (χ4n) is 2.40. The molecule has 112 valence electrons. The summed E-state index contributed by atoms with van der Waals surface area (Å²) in [4.78, 5) is 15.8. The minimum absolute atomic E-state index is 0.150. The predicted molar refractivity (Wildman–Crippen MR) is 82.3 cm³/mol. The lowest BCUT2D eigenvalue weighted by atomic mass is 9.94. The van der Waals surface area contributed by atoms with Gasteiger partial charge in [0.05, 0.1) is 0 Å². The van der Waals surface area contributed by atoms with Crippen LogP contribution in [-0.2, 0) is 11.2 Å². The maximum Gasteiger partial charge on any atom is 0.220 e. The molecule has 3 N–H and O–H groups in total. The number of carbonyl (C=O) groups excluding carboxylic acids is 1. The molecule has 0 aliphatic heterocycles. The van der Waals surface area contributed by atoms with E-state index in [4.69, 9.17) is 5.73 Å². The third kappa shape index (κ3) is 7.24. The van der Waals surface area contributed by atoms with E-state index in [1.165, 1.54) is 12.0 Å². The second kappa shape index (κ2) is 10.4. The maximum absolute atomic E-state index is 11.8. The highest BCUT2D eigenvalue weighted by molar-refractivity contribution is 5.75. The molecule has 4 nitrogen and oxygen atoms in total. The first kappa shape index (κ1) is 16.6. The number of rotatable bonds is 10. The summed E-state index contributed by atoms with van der Waals surface area (Å²) in [6.07, 6.45) is 9.33. The molecule has 1 rings (SSSR count). The summed E-state index contributed by atoms with van der Waals surface area (Å²) >= 11 is 0. The zero-order chi connectivity index (χ0) is 14.6. The quantitative estimate of drug-likeness (QED) is 0.689. The van der Waals surface area contributed by atoms with Crippen LogP contribution >= 0.6 is 0 Å². The third-order valence-electron chi connectivity index (χ3n) is 3.54. The van der Waals surface area contributed by atoms with E-state index >= 15 is 0 Å². The van der Waals surface area contributed by atoms with Gasteiger partial charge in [0, 0.05) is 25.4 Å². The Labute approximate surface area is 122 Å². The lowest BCUT2D eigenvalue weighted by Gasteiger charge is -2.14. The summed E-state index contributed by atoms with van der Waals surface area (Å²) in [5, 5.41) is 2.98. The van der Waals surface area contributed by atoms with Crippen LogP contribution in [0.4, 0.5) is 0 Å². The lowest BCUT2D eigenvalue weighted by Crippen LogP contribution is -2.26. The molecule has 0 spiro atoms. The van der Waals surface area contributed by atoms with E-state index in [1.807, 2.05) is 12.1 Å². The predicted octanol–water partition coefficient (Wildman–Crippen LogP) is 2.29. The van der Waals surface area contributed by atoms with Crippen LogP contribution < -0.4 is 11.1 Å². The van der Waals surface area contributed by atoms with Crippen molar-refractivity contribution in [2.24, 2.45) is 11.7 Å². The number of aromatic nitrogens is 1. The Hall–Kier alpha value is -1.42. The lowest BCUT2D eigenvalue weighted by molar-refractivity contribution is -0.121. The van der Waals surface area contributed by atoms with Crippen molar-refractivity contribution in [3.8, 4) is 0 Å². The van der Waals surface area contributed by atoms with Gasteiger partial charge in [-0.1, -0.05) is 19.8 Å². The first-order valence-corrected chi connectivity index (χ1v) is 7.62. The Morgan fingerprint density at radius 2 is 2.05 bits per heavy atom. The van der Waals surface area contributed by atoms with Crippen LogP contribution in [-0.4, -0.2) is 24.0 Å². The van der Waals surface area contributed by atoms with Crippen LogP contribution in [0.3, 0.4) is 0 Å². The molecular weight excluding hydrogens is 250 g/mol. The molecule has 20 heavy (non-hydrogen) atoms. The highest BCUT2D eigenvalue weighted by atomic mass is 16.1. The van der Waals surface area contributed by atoms with Crippen molar-refractivity contribution in [2.45, 2.75) is 45.4 Å². The van der Waals surface area contributed by atoms with Crippen LogP contribution in [0, 0.1) is 5.92 Å². The van der Waals surface area contributed by atoms with Gasteiger partial charge in [0.1, 0.15) is 0 Å². The zero-order valence-electron chi connectivity index (χ0n) is 12.5. The van der Waals surface area contributed by atoms with Gasteiger partial charge in [-0.3, -0.25) is 9.78 Å². The first-order valence-electron chi connectivity index (χ1n) is 7.62. The number of nitrogens with two attached hydrogens (primary N) is 1. The molecule has 0 aromatic carbocycles. The van der Waals surface area contributed by atoms with Crippen LogP contribution in [0.1, 0.15) is 44.6 Å². The second-order valence-electron chi connectivity index (χ2n) is 5.23. The number of nitrogens with zero attached hydrogens (tertiary/aromatic N) is 1. The Morgan fingerprint density at radius 1 is 1.30 bits per heavy atom. The van der Waals surface area contributed by atoms with Gasteiger partial charge in [0.15, 0.2) is 0 Å². The maximum atomic E-state index is 11.8. The molecule has 0 aliphatic carbocycles. The van der Waals surface area contributed by atoms with Gasteiger partial charge in [-0.05, 0) is 49.4 Å². The van der Waals surface area contributed by atoms with Crippen molar-refractivity contribution in [3.63, 3.8) is 0 Å². The first-order chi connectivity index (χ1) is 9.76. The molecule has 1 aromatic rings. The normalized spacial score (nSPS) is 12.1. The van der Waals surface area contributed by atoms with Crippen molar-refractivity contribution in [2.75, 3.05) is 13.1 Å². The van der Waals surface area contributed by atoms with E-state index < -0.39 is 0 Å². The number of amides is 1. The minimum atomic E-state index is 0.150. The highest BCUT2D eigenvalue weighted by Gasteiger charge is 2.09. The number of hydrogen-bond acceptors (Lipinski definition) is 3. The molecule has 0 saturated heterocycles. The van der Waals surface area contributed by atoms with Gasteiger partial charge in [-0.2, -0.15) is 0 Å². The molecule has 4 heteroatoms. The van der Waals surface area contributed by atoms with Crippen molar-refractivity contribution in [1.82, 2.24) is 10.3 Å². The molecule has 1 atom stereocenters. The van der Waals surface area contributed by atoms with Crippen LogP contribution in [0.15, 0.2) is 24.5 Å². The van der Waals surface area contributed by atoms with Gasteiger partial charge in [-0.15, -0.1) is 0 Å². The standard InChI is InChI=1S/C16H27N3O/c1-2-3-14(6-10-17)4-5-16(20)19-13-9-15-7-11-18-12-8-15/h7-8,11-12,14H,2-6,9-10,13,17H2,1H3,(H,19,20). The van der Waals surface area contributed by atoms with Crippen molar-refractivity contribution in [1.29, 1.82) is 0 Å². The van der Waals surface area contributed by atoms with Crippen LogP contribution in [0.25, 0.3) is 0 Å². The SMILES string of the molecule is CCCC(CCN)CCC(=O)NCCc1ccncc1. The molecule has 1 aromatic heterocycles. The average Bonchev–Trinajstić information content (AvgIpc) is 2.46. The number of carbonyl (C=O) groups is 1. The molecule has 0 saturated carbocycles. The van der Waals surface area contributed by atoms with Crippen LogP contribution in [0.5, 0.6) is 0 Å². The molecule has 1 unspecified atom stereocenters. The van der Waals surface area contributed by atoms with Gasteiger partial charge in [-0.25, -0.2) is 0 Å². The molecule has 0 aliphatic rings. The van der Waals surface area contributed by atoms with Gasteiger partial charge in [0.2, 0.25) is 5.91 Å². The van der Waals surface area contributed by atoms with Crippen LogP contribution in [0.2, 0.25) is 0 Å². The molecular formula is C16H27N3O. The summed E-state index contributed by atoms with van der Waals surface area (Å²) in [7, 11) is 0. The monoisotopic (exact) mass is 277 g/mol. The molecule has 1 heterocycles. The Balaban J connectivity index is 2.16. The summed E-state index contributed by atoms with van der Waals surface area (Å²) < 4.78 is 0. The summed E-state index contributed by atoms with van der Waals surface area (Å²) in [6.45, 7) is 3.59. The second-order valence-corrected chi connectivity index (χ2v) is 5.23. The topological polar surface area (TPSA) is 68.0 Å². The molecule has 0 bridgehead atoms. The van der Waals surface area contributed by atoms with E-state index in [0.29, 0.717) is 25.4 Å². The van der Waals surface area contributed by atoms with Gasteiger partial charge < -0.3 is 11.1 Å². The Bertz CT molecular complexity index is 361. The Morgan fingerprint density at radius 3 is 2.70 bits per heavy atom. The highest BCUT2D eigenvalue weighted by Crippen LogP contribution is 2.16. The van der Waals surface area contributed by atoms with E-state index in [-0.39, 0.29) is 5.91 Å². The van der Waals surface area contributed by atoms with Crippen molar-refractivity contribution in [3.05, 3.63) is 30.1 Å². The van der Waals surface area contributed by atoms with Gasteiger partial charge in [0.25, 0.3) is 0 Å². The van der Waals surface area contributed by atoms with Crippen molar-refractivity contribution >= 4 is 5.91 Å². The zero-order valence-corrected chi connectivity index (χ0v) is 12.5. The smallest absolute Gasteiger partial charge is 0.220 e. The minimum Gasteiger partial charge on any atom is -0.356 e. The van der Waals surface area contributed by atoms with E-state index in [0.717, 1.165) is 25.7 Å². The van der Waals surface area contributed by atoms with E-state index in [1.54, 1.807) is 12.4 Å². The fraction of sp³-hybridized carbons (Fsp3) is 0.625. The molecule has 1 amide bonds. The number of pyridine rings is 1. The van der Waals surface area contributed by atoms with Gasteiger partial charge >= 0.3 is 0 Å². The fourth-order valence-corrected chi connectivity index (χ4v) is 2.40. The van der Waals surface area contributed by atoms with E-state index in [9.17, 15) is 4.79 Å². The van der Waals surface area contributed by atoms with E-state index in [2.05, 4.69) is 17.2 Å². The summed E-state index contributed by atoms with van der Waals surface area (Å²) in [5.74, 6) is 0.744. The summed E-state index contributed by atoms with van der Waals surface area (Å²) in [6, 6.07) is 3.95. The third-order valence-corrected chi connectivity index (χ3v) is 3.54. The average molecular weight is 277 g/mol. The number of nitrogens with one attached hydrogen (secondary N) is 1. The van der Waals surface area contributed by atoms with Crippen molar-refractivity contribution < 1.29 is 4.79 Å². The Kier molecular flexibility index (Phi) is 8.63. The largest absolute Gasteiger partial charge is 0.356 e. The summed E-state index contributed by atoms with van der Waals surface area (Å²) in [5.41, 5.74) is 6.81.